The van der Waals surface area contributed by atoms with Crippen LogP contribution in [0, 0.1) is 0 Å². The fourth-order valence-corrected chi connectivity index (χ4v) is 11.3. The average molecular weight is 1210 g/mol. The van der Waals surface area contributed by atoms with Gasteiger partial charge in [-0.05, 0) is 119 Å². The van der Waals surface area contributed by atoms with Gasteiger partial charge in [-0.3, -0.25) is 0 Å². The summed E-state index contributed by atoms with van der Waals surface area (Å²) >= 11 is 0. The quantitative estimate of drug-likeness (QED) is 0.0836. The molecular formula is C64H62N4O20. The van der Waals surface area contributed by atoms with E-state index in [2.05, 4.69) is 9.97 Å². The molecule has 88 heavy (non-hydrogen) atoms. The van der Waals surface area contributed by atoms with E-state index in [4.69, 9.17) is 47.9 Å². The molecule has 0 radical (unpaired) electrons. The summed E-state index contributed by atoms with van der Waals surface area (Å²) in [5.74, 6) is 1.20. The minimum absolute atomic E-state index is 0.251. The molecule has 4 fully saturated rings. The first kappa shape index (κ1) is 59.0. The van der Waals surface area contributed by atoms with E-state index in [0.717, 1.165) is 0 Å². The molecule has 8 bridgehead atoms. The van der Waals surface area contributed by atoms with E-state index in [1.54, 1.807) is 48.5 Å². The zero-order valence-corrected chi connectivity index (χ0v) is 46.4. The van der Waals surface area contributed by atoms with Crippen LogP contribution >= 0.6 is 0 Å². The van der Waals surface area contributed by atoms with Gasteiger partial charge in [-0.2, -0.15) is 0 Å². The Bertz CT molecular complexity index is 3400. The highest BCUT2D eigenvalue weighted by atomic mass is 16.7. The molecule has 0 unspecified atom stereocenters. The molecule has 6 aliphatic rings. The molecule has 0 amide bonds. The summed E-state index contributed by atoms with van der Waals surface area (Å²) in [4.78, 5) is 18.1. The first-order valence-electron chi connectivity index (χ1n) is 28.4. The Kier molecular flexibility index (Phi) is 16.5. The van der Waals surface area contributed by atoms with Gasteiger partial charge >= 0.3 is 0 Å². The minimum Gasteiger partial charge on any atom is -0.462 e. The van der Waals surface area contributed by atoms with Crippen LogP contribution in [0.2, 0.25) is 0 Å². The third kappa shape index (κ3) is 11.6. The molecule has 0 spiro atoms. The summed E-state index contributed by atoms with van der Waals surface area (Å²) in [5.41, 5.74) is 9.95. The lowest BCUT2D eigenvalue weighted by Crippen LogP contribution is -2.54. The second-order valence-corrected chi connectivity index (χ2v) is 22.1. The molecule has 7 aromatic rings. The highest BCUT2D eigenvalue weighted by Gasteiger charge is 2.42. The Morgan fingerprint density at radius 3 is 0.693 bits per heavy atom. The van der Waals surface area contributed by atoms with Crippen LogP contribution < -0.4 is 18.9 Å². The summed E-state index contributed by atoms with van der Waals surface area (Å²) in [6.07, 6.45) is -14.7. The molecule has 6 aliphatic heterocycles. The summed E-state index contributed by atoms with van der Waals surface area (Å²) < 4.78 is 46.1. The van der Waals surface area contributed by atoms with E-state index >= 15 is 0 Å². The van der Waals surface area contributed by atoms with Gasteiger partial charge < -0.3 is 109 Å². The van der Waals surface area contributed by atoms with Crippen molar-refractivity contribution in [1.29, 1.82) is 0 Å². The molecule has 4 saturated heterocycles. The number of fused-ring (bicyclic) bond motifs is 8. The van der Waals surface area contributed by atoms with E-state index in [0.29, 0.717) is 112 Å². The van der Waals surface area contributed by atoms with Gasteiger partial charge in [0.1, 0.15) is 96.2 Å². The standard InChI is InChI=1S/C64H62N4O20/c69-45-25-81-61(57(77)53(45)73)85-33-9-1-29(2-10-33)49-37-17-19-39(65-37)50(30-3-11-34(12-4-30)86-62-58(78)54(74)46(70)26-82-62)41-21-23-43(67-41)52(32-7-15-36(16-8-32)88-64-60(80)56(76)48(72)28-84-64)44-24-22-42(68-44)51(40-20-18-38(49)66-40)31-5-13-35(14-6-31)87-63-59(79)55(75)47(71)27-83-63/h1-24,45-48,53-65,68-80H,25-28H2/t45-,46-,47-,48-,53+,54+,55+,56+,57-,58-,59-,60-,61+,62+,63+,64+/m1/s1. The highest BCUT2D eigenvalue weighted by Crippen LogP contribution is 2.41. The van der Waals surface area contributed by atoms with Gasteiger partial charge in [-0.15, -0.1) is 0 Å². The van der Waals surface area contributed by atoms with Crippen LogP contribution in [0.4, 0.5) is 0 Å². The van der Waals surface area contributed by atoms with Crippen LogP contribution in [0.15, 0.2) is 121 Å². The number of nitrogens with one attached hydrogen (secondary N) is 2. The second-order valence-electron chi connectivity index (χ2n) is 22.1. The van der Waals surface area contributed by atoms with Gasteiger partial charge in [-0.1, -0.05) is 48.5 Å². The maximum atomic E-state index is 10.7. The summed E-state index contributed by atoms with van der Waals surface area (Å²) in [5, 5.41) is 125. The first-order valence-corrected chi connectivity index (χ1v) is 28.4. The number of hydrogen-bond donors (Lipinski definition) is 14. The molecule has 4 aromatic carbocycles. The van der Waals surface area contributed by atoms with Gasteiger partial charge in [0.15, 0.2) is 0 Å². The number of aliphatic hydroxyl groups is 12. The number of nitrogens with zero attached hydrogens (tertiary/aromatic N) is 2. The molecule has 24 heteroatoms. The summed E-state index contributed by atoms with van der Waals surface area (Å²) in [7, 11) is 0. The van der Waals surface area contributed by atoms with Crippen LogP contribution in [0.3, 0.4) is 0 Å². The van der Waals surface area contributed by atoms with E-state index in [1.165, 1.54) is 0 Å². The van der Waals surface area contributed by atoms with Crippen molar-refractivity contribution < 1.29 is 99.2 Å². The fraction of sp³-hybridized carbons (Fsp3) is 0.312. The van der Waals surface area contributed by atoms with Crippen LogP contribution in [0.25, 0.3) is 90.9 Å². The Balaban J connectivity index is 0.985. The Morgan fingerprint density at radius 1 is 0.284 bits per heavy atom. The number of ether oxygens (including phenoxy) is 8. The lowest BCUT2D eigenvalue weighted by atomic mass is 10.0. The number of benzene rings is 4. The SMILES string of the molecule is O[C@@H]1[C@@H](O)[C@H](Oc2ccc(-c3c4nc(c(-c5ccc(O[C@@H]6OC[C@@H](O)[C@H](O)[C@H]6O)cc5)c5ccc([nH]5)c(-c5ccc(O[C@@H]6OC[C@@H](O)[C@H](O)[C@H]6O)cc5)c5nc(c(-c6ccc(O[C@@H]7OC[C@@H](O)[C@H](O)[C@H]7O)cc6)c6ccc3[nH]6)C=C5)C=C4)cc2)OC[C@H]1O. The largest absolute Gasteiger partial charge is 0.462 e. The third-order valence-corrected chi connectivity index (χ3v) is 16.2. The molecule has 24 nitrogen and oxygen atoms in total. The summed E-state index contributed by atoms with van der Waals surface area (Å²) in [6.45, 7) is -1.00. The minimum atomic E-state index is -1.53. The van der Waals surface area contributed by atoms with E-state index in [1.807, 2.05) is 97.1 Å². The normalized spacial score (nSPS) is 29.6. The van der Waals surface area contributed by atoms with Crippen molar-refractivity contribution in [3.05, 3.63) is 144 Å². The smallest absolute Gasteiger partial charge is 0.228 e. The zero-order chi connectivity index (χ0) is 61.1. The lowest BCUT2D eigenvalue weighted by molar-refractivity contribution is -0.242. The Hall–Kier alpha value is -7.96. The molecule has 3 aromatic heterocycles. The van der Waals surface area contributed by atoms with E-state index in [-0.39, 0.29) is 26.4 Å². The van der Waals surface area contributed by atoms with E-state index in [9.17, 15) is 61.3 Å². The molecule has 16 atom stereocenters. The van der Waals surface area contributed by atoms with Crippen molar-refractivity contribution >= 4 is 46.4 Å². The maximum Gasteiger partial charge on any atom is 0.228 e. The van der Waals surface area contributed by atoms with Crippen LogP contribution in [0.1, 0.15) is 22.8 Å². The Morgan fingerprint density at radius 2 is 0.489 bits per heavy atom. The number of aromatic amines is 2. The average Bonchev–Trinajstić information content (AvgIpc) is 2.14. The number of aliphatic hydroxyl groups excluding tert-OH is 12. The van der Waals surface area contributed by atoms with Crippen LogP contribution in [-0.4, -0.2) is 206 Å². The fourth-order valence-electron chi connectivity index (χ4n) is 11.3. The topological polar surface area (TPSA) is 374 Å². The van der Waals surface area contributed by atoms with E-state index < -0.39 is 98.4 Å². The zero-order valence-electron chi connectivity index (χ0n) is 46.4. The molecular weight excluding hydrogens is 1140 g/mol. The van der Waals surface area contributed by atoms with Crippen molar-refractivity contribution in [2.75, 3.05) is 26.4 Å². The van der Waals surface area contributed by atoms with Crippen molar-refractivity contribution in [2.45, 2.75) is 98.4 Å². The molecule has 9 heterocycles. The molecule has 458 valence electrons. The van der Waals surface area contributed by atoms with Crippen molar-refractivity contribution in [3.63, 3.8) is 0 Å². The Labute approximate surface area is 500 Å². The summed E-state index contributed by atoms with van der Waals surface area (Å²) in [6, 6.07) is 35.6. The predicted octanol–water partition coefficient (Wildman–Crippen LogP) is 2.59. The maximum absolute atomic E-state index is 10.7. The van der Waals surface area contributed by atoms with Crippen molar-refractivity contribution in [1.82, 2.24) is 19.9 Å². The van der Waals surface area contributed by atoms with Gasteiger partial charge in [0.25, 0.3) is 0 Å². The first-order chi connectivity index (χ1) is 42.5. The number of hydrogen-bond acceptors (Lipinski definition) is 22. The van der Waals surface area contributed by atoms with Crippen LogP contribution in [-0.2, 0) is 18.9 Å². The van der Waals surface area contributed by atoms with Crippen LogP contribution in [0.5, 0.6) is 23.0 Å². The van der Waals surface area contributed by atoms with Gasteiger partial charge in [0.05, 0.1) is 49.2 Å². The monoisotopic (exact) mass is 1210 g/mol. The number of aromatic nitrogens is 4. The van der Waals surface area contributed by atoms with Gasteiger partial charge in [0.2, 0.25) is 25.2 Å². The molecule has 13 rings (SSSR count). The number of H-pyrrole nitrogens is 2. The van der Waals surface area contributed by atoms with Gasteiger partial charge in [0, 0.05) is 44.3 Å². The predicted molar refractivity (Wildman–Crippen MR) is 314 cm³/mol. The third-order valence-electron chi connectivity index (χ3n) is 16.2. The highest BCUT2D eigenvalue weighted by molar-refractivity contribution is 6.00. The molecule has 0 aliphatic carbocycles. The second kappa shape index (κ2) is 24.5. The molecule has 0 saturated carbocycles. The molecule has 14 N–H and O–H groups in total. The van der Waals surface area contributed by atoms with Gasteiger partial charge in [-0.25, -0.2) is 9.97 Å². The van der Waals surface area contributed by atoms with Crippen molar-refractivity contribution in [3.8, 4) is 67.5 Å². The number of rotatable bonds is 12. The lowest BCUT2D eigenvalue weighted by Gasteiger charge is -2.34. The van der Waals surface area contributed by atoms with Crippen molar-refractivity contribution in [2.24, 2.45) is 0 Å².